The van der Waals surface area contributed by atoms with Crippen LogP contribution in [0.25, 0.3) is 22.8 Å². The number of halogens is 4. The van der Waals surface area contributed by atoms with Crippen LogP contribution in [0.3, 0.4) is 0 Å². The molecule has 0 radical (unpaired) electrons. The van der Waals surface area contributed by atoms with Crippen LogP contribution in [0.2, 0.25) is 5.02 Å². The quantitative estimate of drug-likeness (QED) is 0.378. The zero-order chi connectivity index (χ0) is 25.5. The lowest BCUT2D eigenvalue weighted by molar-refractivity contribution is -0.137. The van der Waals surface area contributed by atoms with Crippen molar-refractivity contribution in [2.45, 2.75) is 25.6 Å². The highest BCUT2D eigenvalue weighted by atomic mass is 35.5. The molecule has 182 valence electrons. The number of carboxylic acid groups (broad SMARTS) is 1. The highest BCUT2D eigenvalue weighted by Gasteiger charge is 2.36. The first-order valence-corrected chi connectivity index (χ1v) is 10.4. The molecule has 0 amide bonds. The van der Waals surface area contributed by atoms with E-state index in [4.69, 9.17) is 26.0 Å². The molecule has 13 heteroatoms. The summed E-state index contributed by atoms with van der Waals surface area (Å²) >= 11 is 6.09. The van der Waals surface area contributed by atoms with Crippen LogP contribution < -0.4 is 4.74 Å². The number of carbonyl (C=O) groups is 1. The van der Waals surface area contributed by atoms with Gasteiger partial charge in [0.05, 0.1) is 11.1 Å². The molecule has 0 atom stereocenters. The maximum atomic E-state index is 13.5. The Balaban J connectivity index is 1.73. The molecule has 0 fully saturated rings. The van der Waals surface area contributed by atoms with Crippen molar-refractivity contribution in [1.82, 2.24) is 24.9 Å². The van der Waals surface area contributed by atoms with Gasteiger partial charge in [0, 0.05) is 17.6 Å². The van der Waals surface area contributed by atoms with Crippen LogP contribution in [0.15, 0.2) is 47.0 Å². The van der Waals surface area contributed by atoms with Gasteiger partial charge in [-0.2, -0.15) is 18.2 Å². The summed E-state index contributed by atoms with van der Waals surface area (Å²) in [6.45, 7) is 3.29. The molecule has 0 aliphatic heterocycles. The van der Waals surface area contributed by atoms with Gasteiger partial charge in [0.1, 0.15) is 5.75 Å². The maximum absolute atomic E-state index is 13.5. The van der Waals surface area contributed by atoms with Gasteiger partial charge in [-0.1, -0.05) is 29.8 Å². The Bertz CT molecular complexity index is 1410. The van der Waals surface area contributed by atoms with Crippen molar-refractivity contribution in [2.75, 3.05) is 0 Å². The minimum atomic E-state index is -4.58. The van der Waals surface area contributed by atoms with Gasteiger partial charge < -0.3 is 18.9 Å². The summed E-state index contributed by atoms with van der Waals surface area (Å²) in [6.07, 6.45) is -4.58. The van der Waals surface area contributed by atoms with E-state index in [0.29, 0.717) is 5.02 Å². The van der Waals surface area contributed by atoms with Gasteiger partial charge in [-0.15, -0.1) is 10.2 Å². The molecule has 2 heterocycles. The number of carboxylic acids is 1. The average Bonchev–Trinajstić information content (AvgIpc) is 3.42. The van der Waals surface area contributed by atoms with Crippen molar-refractivity contribution in [3.05, 3.63) is 64.7 Å². The van der Waals surface area contributed by atoms with E-state index in [9.17, 15) is 18.0 Å². The molecular weight excluding hydrogens is 491 g/mol. The summed E-state index contributed by atoms with van der Waals surface area (Å²) in [7, 11) is 1.53. The lowest BCUT2D eigenvalue weighted by Gasteiger charge is -2.26. The van der Waals surface area contributed by atoms with Crippen molar-refractivity contribution in [2.24, 2.45) is 7.05 Å². The molecule has 2 aromatic carbocycles. The summed E-state index contributed by atoms with van der Waals surface area (Å²) < 4.78 is 53.2. The molecule has 4 aromatic rings. The predicted octanol–water partition coefficient (Wildman–Crippen LogP) is 5.22. The van der Waals surface area contributed by atoms with Crippen LogP contribution in [0.5, 0.6) is 5.75 Å². The fourth-order valence-electron chi connectivity index (χ4n) is 3.51. The maximum Gasteiger partial charge on any atom is 0.417 e. The molecule has 0 aliphatic carbocycles. The molecule has 0 aliphatic rings. The molecular formula is C22H17ClF3N5O4. The predicted molar refractivity (Wildman–Crippen MR) is 117 cm³/mol. The van der Waals surface area contributed by atoms with Crippen LogP contribution in [0, 0.1) is 0 Å². The molecule has 0 unspecified atom stereocenters. The van der Waals surface area contributed by atoms with E-state index >= 15 is 0 Å². The molecule has 35 heavy (non-hydrogen) atoms. The second kappa shape index (κ2) is 8.69. The molecule has 9 nitrogen and oxygen atoms in total. The zero-order valence-electron chi connectivity index (χ0n) is 18.5. The minimum Gasteiger partial charge on any atom is -0.479 e. The van der Waals surface area contributed by atoms with Crippen LogP contribution >= 0.6 is 11.6 Å². The highest BCUT2D eigenvalue weighted by molar-refractivity contribution is 6.30. The third-order valence-electron chi connectivity index (χ3n) is 5.04. The number of rotatable bonds is 6. The van der Waals surface area contributed by atoms with E-state index in [0.717, 1.165) is 6.07 Å². The number of ether oxygens (including phenoxy) is 1. The fourth-order valence-corrected chi connectivity index (χ4v) is 3.68. The van der Waals surface area contributed by atoms with Crippen molar-refractivity contribution in [3.63, 3.8) is 0 Å². The Morgan fingerprint density at radius 3 is 2.49 bits per heavy atom. The molecule has 1 N–H and O–H groups in total. The first-order chi connectivity index (χ1) is 16.4. The van der Waals surface area contributed by atoms with E-state index in [1.54, 1.807) is 13.8 Å². The highest BCUT2D eigenvalue weighted by Crippen LogP contribution is 2.39. The minimum absolute atomic E-state index is 0.00364. The molecule has 0 spiro atoms. The number of hydrogen-bond acceptors (Lipinski definition) is 7. The monoisotopic (exact) mass is 507 g/mol. The van der Waals surface area contributed by atoms with Crippen molar-refractivity contribution in [3.8, 4) is 28.6 Å². The van der Waals surface area contributed by atoms with Crippen molar-refractivity contribution >= 4 is 17.6 Å². The number of alkyl halides is 3. The van der Waals surface area contributed by atoms with Crippen LogP contribution in [-0.2, 0) is 18.8 Å². The third-order valence-corrected chi connectivity index (χ3v) is 5.28. The van der Waals surface area contributed by atoms with Gasteiger partial charge in [0.2, 0.25) is 0 Å². The van der Waals surface area contributed by atoms with Gasteiger partial charge in [0.25, 0.3) is 11.7 Å². The lowest BCUT2D eigenvalue weighted by atomic mass is 10.1. The van der Waals surface area contributed by atoms with E-state index in [1.807, 2.05) is 0 Å². The second-order valence-corrected chi connectivity index (χ2v) is 8.37. The summed E-state index contributed by atoms with van der Waals surface area (Å²) in [5, 5.41) is 20.8. The van der Waals surface area contributed by atoms with Gasteiger partial charge in [0.15, 0.2) is 17.2 Å². The molecule has 2 aromatic heterocycles. The van der Waals surface area contributed by atoms with E-state index < -0.39 is 29.1 Å². The largest absolute Gasteiger partial charge is 0.479 e. The first kappa shape index (κ1) is 24.2. The van der Waals surface area contributed by atoms with Crippen LogP contribution in [0.1, 0.15) is 35.9 Å². The zero-order valence-corrected chi connectivity index (χ0v) is 19.2. The Kier molecular flexibility index (Phi) is 6.01. The molecule has 0 saturated heterocycles. The number of aromatic nitrogens is 5. The van der Waals surface area contributed by atoms with Gasteiger partial charge >= 0.3 is 12.1 Å². The van der Waals surface area contributed by atoms with E-state index in [-0.39, 0.29) is 34.4 Å². The Labute approximate surface area is 201 Å². The van der Waals surface area contributed by atoms with E-state index in [2.05, 4.69) is 20.3 Å². The van der Waals surface area contributed by atoms with Crippen LogP contribution in [0.4, 0.5) is 13.2 Å². The number of aromatic carboxylic acids is 1. The summed E-state index contributed by atoms with van der Waals surface area (Å²) in [5.74, 6) is -1.65. The topological polar surface area (TPSA) is 116 Å². The van der Waals surface area contributed by atoms with E-state index in [1.165, 1.54) is 48.0 Å². The number of nitrogens with zero attached hydrogens (tertiary/aromatic N) is 5. The molecule has 4 rings (SSSR count). The Hall–Kier alpha value is -3.93. The van der Waals surface area contributed by atoms with Crippen LogP contribution in [-0.4, -0.2) is 36.0 Å². The first-order valence-electron chi connectivity index (χ1n) is 10.0. The summed E-state index contributed by atoms with van der Waals surface area (Å²) in [4.78, 5) is 14.9. The third kappa shape index (κ3) is 4.69. The smallest absolute Gasteiger partial charge is 0.417 e. The van der Waals surface area contributed by atoms with Gasteiger partial charge in [-0.3, -0.25) is 0 Å². The fraction of sp³-hybridized carbons (Fsp3) is 0.227. The molecule has 0 saturated carbocycles. The Morgan fingerprint density at radius 2 is 1.83 bits per heavy atom. The van der Waals surface area contributed by atoms with Gasteiger partial charge in [-0.05, 0) is 43.3 Å². The summed E-state index contributed by atoms with van der Waals surface area (Å²) in [5.41, 5.74) is -1.97. The number of hydrogen-bond donors (Lipinski definition) is 1. The van der Waals surface area contributed by atoms with Crippen molar-refractivity contribution in [1.29, 1.82) is 0 Å². The van der Waals surface area contributed by atoms with Crippen molar-refractivity contribution < 1.29 is 32.3 Å². The standard InChI is InChI=1S/C22H17ClF3N5O4/c1-21(2,20-29-28-17(31(20)3)12-6-4-5-7-14(12)22(24,25)26)34-15-9-8-11(23)10-13(15)18-27-16(19(32)33)30-35-18/h4-10H,1-3H3,(H,32,33). The SMILES string of the molecule is Cn1c(-c2ccccc2C(F)(F)F)nnc1C(C)(C)Oc1ccc(Cl)cc1-c1nc(C(=O)O)no1. The number of benzene rings is 2. The Morgan fingerprint density at radius 1 is 1.11 bits per heavy atom. The lowest BCUT2D eigenvalue weighted by Crippen LogP contribution is -2.29. The second-order valence-electron chi connectivity index (χ2n) is 7.93. The van der Waals surface area contributed by atoms with Gasteiger partial charge in [-0.25, -0.2) is 4.79 Å². The summed E-state index contributed by atoms with van der Waals surface area (Å²) in [6, 6.07) is 9.57. The average molecular weight is 508 g/mol. The normalized spacial score (nSPS) is 12.1. The molecule has 0 bridgehead atoms.